The van der Waals surface area contributed by atoms with Crippen molar-refractivity contribution >= 4 is 27.1 Å². The highest BCUT2D eigenvalue weighted by molar-refractivity contribution is 7.90. The van der Waals surface area contributed by atoms with E-state index in [1.165, 1.54) is 6.26 Å². The summed E-state index contributed by atoms with van der Waals surface area (Å²) in [5.41, 5.74) is 1.35. The number of pyridine rings is 1. The van der Waals surface area contributed by atoms with E-state index in [2.05, 4.69) is 15.4 Å². The zero-order valence-electron chi connectivity index (χ0n) is 10.7. The first kappa shape index (κ1) is 12.6. The minimum atomic E-state index is -3.23. The van der Waals surface area contributed by atoms with Gasteiger partial charge in [0.15, 0.2) is 15.5 Å². The van der Waals surface area contributed by atoms with Crippen molar-refractivity contribution in [3.8, 4) is 0 Å². The van der Waals surface area contributed by atoms with Gasteiger partial charge in [-0.15, -0.1) is 5.10 Å². The molecule has 2 heterocycles. The molecule has 3 aromatic rings. The molecule has 0 unspecified atom stereocenters. The molecular weight excluding hydrogens is 276 g/mol. The predicted molar refractivity (Wildman–Crippen MR) is 75.8 cm³/mol. The van der Waals surface area contributed by atoms with Gasteiger partial charge in [0.25, 0.3) is 0 Å². The fourth-order valence-electron chi connectivity index (χ4n) is 1.82. The van der Waals surface area contributed by atoms with Crippen molar-refractivity contribution in [2.75, 3.05) is 11.6 Å². The lowest BCUT2D eigenvalue weighted by atomic mass is 10.3. The molecule has 0 amide bonds. The zero-order valence-corrected chi connectivity index (χ0v) is 11.5. The minimum Gasteiger partial charge on any atom is -0.323 e. The first-order chi connectivity index (χ1) is 9.52. The van der Waals surface area contributed by atoms with Crippen molar-refractivity contribution in [1.82, 2.24) is 14.6 Å². The first-order valence-corrected chi connectivity index (χ1v) is 7.80. The van der Waals surface area contributed by atoms with E-state index in [9.17, 15) is 8.42 Å². The average molecular weight is 288 g/mol. The Morgan fingerprint density at radius 3 is 2.75 bits per heavy atom. The van der Waals surface area contributed by atoms with Crippen LogP contribution in [0.2, 0.25) is 0 Å². The molecule has 0 aliphatic carbocycles. The molecule has 0 aliphatic rings. The van der Waals surface area contributed by atoms with Crippen LogP contribution < -0.4 is 5.32 Å². The highest BCUT2D eigenvalue weighted by Crippen LogP contribution is 2.18. The molecule has 20 heavy (non-hydrogen) atoms. The number of aromatic nitrogens is 3. The summed E-state index contributed by atoms with van der Waals surface area (Å²) in [7, 11) is -3.23. The second kappa shape index (κ2) is 4.61. The third kappa shape index (κ3) is 2.48. The molecular formula is C13H12N4O2S. The van der Waals surface area contributed by atoms with Gasteiger partial charge in [-0.05, 0) is 30.3 Å². The highest BCUT2D eigenvalue weighted by Gasteiger charge is 2.08. The molecule has 0 atom stereocenters. The fraction of sp³-hybridized carbons (Fsp3) is 0.0769. The third-order valence-electron chi connectivity index (χ3n) is 2.76. The number of sulfone groups is 1. The summed E-state index contributed by atoms with van der Waals surface area (Å²) in [5.74, 6) is 0.418. The standard InChI is InChI=1S/C13H12N4O2S/c1-20(18,19)11-6-4-5-10(9-11)14-13-15-12-7-2-3-8-17(12)16-13/h2-9H,1H3,(H,14,16). The summed E-state index contributed by atoms with van der Waals surface area (Å²) in [5, 5.41) is 7.24. The molecule has 1 aromatic carbocycles. The van der Waals surface area contributed by atoms with Crippen molar-refractivity contribution in [3.63, 3.8) is 0 Å². The Labute approximate surface area is 116 Å². The molecule has 6 nitrogen and oxygen atoms in total. The van der Waals surface area contributed by atoms with Gasteiger partial charge in [-0.25, -0.2) is 12.9 Å². The van der Waals surface area contributed by atoms with E-state index < -0.39 is 9.84 Å². The average Bonchev–Trinajstić information content (AvgIpc) is 2.80. The van der Waals surface area contributed by atoms with Crippen molar-refractivity contribution in [2.45, 2.75) is 4.90 Å². The number of benzene rings is 1. The van der Waals surface area contributed by atoms with E-state index in [0.717, 1.165) is 0 Å². The van der Waals surface area contributed by atoms with Gasteiger partial charge in [0.05, 0.1) is 4.90 Å². The van der Waals surface area contributed by atoms with E-state index in [0.29, 0.717) is 17.3 Å². The largest absolute Gasteiger partial charge is 0.323 e. The SMILES string of the molecule is CS(=O)(=O)c1cccc(Nc2nc3ccccn3n2)c1. The van der Waals surface area contributed by atoms with Crippen LogP contribution in [0.5, 0.6) is 0 Å². The fourth-order valence-corrected chi connectivity index (χ4v) is 2.48. The number of nitrogens with zero attached hydrogens (tertiary/aromatic N) is 3. The van der Waals surface area contributed by atoms with Gasteiger partial charge in [0.1, 0.15) is 0 Å². The lowest BCUT2D eigenvalue weighted by molar-refractivity contribution is 0.602. The Morgan fingerprint density at radius 2 is 2.00 bits per heavy atom. The van der Waals surface area contributed by atoms with Crippen LogP contribution in [0.1, 0.15) is 0 Å². The molecule has 2 aromatic heterocycles. The zero-order chi connectivity index (χ0) is 14.2. The van der Waals surface area contributed by atoms with Crippen molar-refractivity contribution in [2.24, 2.45) is 0 Å². The number of nitrogens with one attached hydrogen (secondary N) is 1. The summed E-state index contributed by atoms with van der Waals surface area (Å²) < 4.78 is 24.7. The normalized spacial score (nSPS) is 11.7. The predicted octanol–water partition coefficient (Wildman–Crippen LogP) is 1.88. The number of anilines is 2. The summed E-state index contributed by atoms with van der Waals surface area (Å²) in [6, 6.07) is 12.1. The molecule has 102 valence electrons. The summed E-state index contributed by atoms with van der Waals surface area (Å²) in [6.45, 7) is 0. The maximum Gasteiger partial charge on any atom is 0.247 e. The van der Waals surface area contributed by atoms with Gasteiger partial charge >= 0.3 is 0 Å². The van der Waals surface area contributed by atoms with E-state index in [1.807, 2.05) is 18.2 Å². The van der Waals surface area contributed by atoms with E-state index in [1.54, 1.807) is 35.0 Å². The summed E-state index contributed by atoms with van der Waals surface area (Å²) >= 11 is 0. The topological polar surface area (TPSA) is 76.4 Å². The molecule has 0 radical (unpaired) electrons. The van der Waals surface area contributed by atoms with Crippen LogP contribution in [0.25, 0.3) is 5.65 Å². The molecule has 0 saturated heterocycles. The molecule has 0 aliphatic heterocycles. The third-order valence-corrected chi connectivity index (χ3v) is 3.87. The van der Waals surface area contributed by atoms with Gasteiger partial charge in [0, 0.05) is 18.1 Å². The number of hydrogen-bond donors (Lipinski definition) is 1. The number of hydrogen-bond acceptors (Lipinski definition) is 5. The summed E-state index contributed by atoms with van der Waals surface area (Å²) in [6.07, 6.45) is 2.97. The lowest BCUT2D eigenvalue weighted by Crippen LogP contribution is -1.99. The van der Waals surface area contributed by atoms with Crippen molar-refractivity contribution in [3.05, 3.63) is 48.7 Å². The number of fused-ring (bicyclic) bond motifs is 1. The van der Waals surface area contributed by atoms with E-state index >= 15 is 0 Å². The van der Waals surface area contributed by atoms with Crippen LogP contribution in [0.15, 0.2) is 53.6 Å². The molecule has 1 N–H and O–H groups in total. The molecule has 3 rings (SSSR count). The highest BCUT2D eigenvalue weighted by atomic mass is 32.2. The van der Waals surface area contributed by atoms with Crippen LogP contribution in [-0.2, 0) is 9.84 Å². The van der Waals surface area contributed by atoms with Gasteiger partial charge in [-0.3, -0.25) is 0 Å². The molecule has 0 saturated carbocycles. The minimum absolute atomic E-state index is 0.256. The van der Waals surface area contributed by atoms with Gasteiger partial charge in [-0.2, -0.15) is 4.98 Å². The van der Waals surface area contributed by atoms with Crippen LogP contribution >= 0.6 is 0 Å². The van der Waals surface area contributed by atoms with Crippen LogP contribution in [0, 0.1) is 0 Å². The van der Waals surface area contributed by atoms with Crippen LogP contribution in [-0.4, -0.2) is 29.3 Å². The second-order valence-electron chi connectivity index (χ2n) is 4.36. The first-order valence-electron chi connectivity index (χ1n) is 5.91. The Bertz CT molecular complexity index is 838. The van der Waals surface area contributed by atoms with Gasteiger partial charge < -0.3 is 5.32 Å². The van der Waals surface area contributed by atoms with Crippen LogP contribution in [0.4, 0.5) is 11.6 Å². The quantitative estimate of drug-likeness (QED) is 0.796. The van der Waals surface area contributed by atoms with Gasteiger partial charge in [-0.1, -0.05) is 12.1 Å². The second-order valence-corrected chi connectivity index (χ2v) is 6.38. The Balaban J connectivity index is 1.95. The molecule has 7 heteroatoms. The van der Waals surface area contributed by atoms with E-state index in [-0.39, 0.29) is 4.90 Å². The van der Waals surface area contributed by atoms with E-state index in [4.69, 9.17) is 0 Å². The monoisotopic (exact) mass is 288 g/mol. The Kier molecular flexibility index (Phi) is 2.90. The van der Waals surface area contributed by atoms with Crippen molar-refractivity contribution in [1.29, 1.82) is 0 Å². The Hall–Kier alpha value is -2.41. The Morgan fingerprint density at radius 1 is 1.15 bits per heavy atom. The summed E-state index contributed by atoms with van der Waals surface area (Å²) in [4.78, 5) is 4.55. The number of rotatable bonds is 3. The smallest absolute Gasteiger partial charge is 0.247 e. The van der Waals surface area contributed by atoms with Gasteiger partial charge in [0.2, 0.25) is 5.95 Å². The maximum absolute atomic E-state index is 11.5. The molecule has 0 spiro atoms. The molecule has 0 fully saturated rings. The maximum atomic E-state index is 11.5. The van der Waals surface area contributed by atoms with Crippen molar-refractivity contribution < 1.29 is 8.42 Å². The van der Waals surface area contributed by atoms with Crippen LogP contribution in [0.3, 0.4) is 0 Å². The lowest BCUT2D eigenvalue weighted by Gasteiger charge is -2.03. The molecule has 0 bridgehead atoms.